The number of nitrogens with zero attached hydrogens (tertiary/aromatic N) is 1. The smallest absolute Gasteiger partial charge is 0.253 e. The Kier molecular flexibility index (Phi) is 3.49. The zero-order valence-corrected chi connectivity index (χ0v) is 10.9. The quantitative estimate of drug-likeness (QED) is 0.736. The Morgan fingerprint density at radius 1 is 1.38 bits per heavy atom. The van der Waals surface area contributed by atoms with Crippen LogP contribution in [0.1, 0.15) is 12.8 Å². The molecular formula is C12H15BrN2O. The molecule has 1 saturated heterocycles. The van der Waals surface area contributed by atoms with Crippen LogP contribution in [0.15, 0.2) is 34.0 Å². The van der Waals surface area contributed by atoms with Gasteiger partial charge in [0.15, 0.2) is 0 Å². The predicted molar refractivity (Wildman–Crippen MR) is 68.0 cm³/mol. The molecule has 86 valence electrons. The normalized spacial score (nSPS) is 28.2. The minimum absolute atomic E-state index is 0.0435. The van der Waals surface area contributed by atoms with Crippen molar-refractivity contribution in [3.63, 3.8) is 0 Å². The molecule has 0 aromatic carbocycles. The molecule has 1 N–H and O–H groups in total. The fourth-order valence-corrected chi connectivity index (χ4v) is 2.27. The van der Waals surface area contributed by atoms with Gasteiger partial charge in [0, 0.05) is 25.8 Å². The number of hydrogen-bond donors (Lipinski definition) is 1. The highest BCUT2D eigenvalue weighted by Gasteiger charge is 2.21. The van der Waals surface area contributed by atoms with Crippen molar-refractivity contribution < 1.29 is 4.79 Å². The van der Waals surface area contributed by atoms with Crippen LogP contribution in [0, 0.1) is 0 Å². The van der Waals surface area contributed by atoms with Gasteiger partial charge in [-0.05, 0) is 17.3 Å². The van der Waals surface area contributed by atoms with E-state index in [1.54, 1.807) is 0 Å². The van der Waals surface area contributed by atoms with E-state index >= 15 is 0 Å². The van der Waals surface area contributed by atoms with Gasteiger partial charge in [-0.15, -0.1) is 0 Å². The van der Waals surface area contributed by atoms with Crippen molar-refractivity contribution in [2.24, 2.45) is 0 Å². The first kappa shape index (κ1) is 11.5. The molecule has 0 aromatic rings. The lowest BCUT2D eigenvalue weighted by molar-refractivity contribution is -0.117. The van der Waals surface area contributed by atoms with Crippen molar-refractivity contribution >= 4 is 21.8 Å². The highest BCUT2D eigenvalue weighted by atomic mass is 79.9. The first-order valence-electron chi connectivity index (χ1n) is 5.43. The van der Waals surface area contributed by atoms with Gasteiger partial charge >= 0.3 is 0 Å². The molecule has 1 fully saturated rings. The van der Waals surface area contributed by atoms with Crippen molar-refractivity contribution in [3.05, 3.63) is 34.0 Å². The molecule has 2 aliphatic rings. The number of carbonyl (C=O) groups excluding carboxylic acids is 1. The number of allylic oxidation sites excluding steroid dienone is 4. The van der Waals surface area contributed by atoms with E-state index in [2.05, 4.69) is 38.3 Å². The fraction of sp³-hybridized carbons (Fsp3) is 0.417. The minimum atomic E-state index is 0.0435. The molecule has 0 saturated carbocycles. The lowest BCUT2D eigenvalue weighted by atomic mass is 10.1. The van der Waals surface area contributed by atoms with Crippen molar-refractivity contribution in [2.45, 2.75) is 12.8 Å². The third kappa shape index (κ3) is 2.38. The zero-order chi connectivity index (χ0) is 11.5. The third-order valence-corrected chi connectivity index (χ3v) is 3.46. The Bertz CT molecular complexity index is 396. The number of halogens is 1. The molecule has 1 amide bonds. The van der Waals surface area contributed by atoms with Gasteiger partial charge in [-0.1, -0.05) is 34.2 Å². The molecule has 0 radical (unpaired) electrons. The van der Waals surface area contributed by atoms with Gasteiger partial charge in [0.05, 0.1) is 5.57 Å². The minimum Gasteiger partial charge on any atom is -0.372 e. The highest BCUT2D eigenvalue weighted by molar-refractivity contribution is 9.11. The second-order valence-corrected chi connectivity index (χ2v) is 4.99. The van der Waals surface area contributed by atoms with Crippen LogP contribution in [0.2, 0.25) is 0 Å². The monoisotopic (exact) mass is 282 g/mol. The second kappa shape index (κ2) is 4.87. The van der Waals surface area contributed by atoms with E-state index in [0.717, 1.165) is 30.7 Å². The topological polar surface area (TPSA) is 32.3 Å². The SMILES string of the molecule is CN1CCNC(=O)C2=CC/C=C(/Br)C/C=C\21. The molecule has 0 bridgehead atoms. The van der Waals surface area contributed by atoms with Crippen LogP contribution in [0.25, 0.3) is 0 Å². The second-order valence-electron chi connectivity index (χ2n) is 3.98. The van der Waals surface area contributed by atoms with Crippen molar-refractivity contribution in [2.75, 3.05) is 20.1 Å². The lowest BCUT2D eigenvalue weighted by Gasteiger charge is -2.21. The Morgan fingerprint density at radius 2 is 2.19 bits per heavy atom. The molecule has 4 heteroatoms. The van der Waals surface area contributed by atoms with Gasteiger partial charge in [0.25, 0.3) is 5.91 Å². The maximum atomic E-state index is 11.9. The van der Waals surface area contributed by atoms with Crippen LogP contribution < -0.4 is 5.32 Å². The Morgan fingerprint density at radius 3 is 3.00 bits per heavy atom. The molecule has 0 atom stereocenters. The van der Waals surface area contributed by atoms with Gasteiger partial charge in [0.2, 0.25) is 0 Å². The summed E-state index contributed by atoms with van der Waals surface area (Å²) in [6.45, 7) is 1.56. The van der Waals surface area contributed by atoms with E-state index in [0.29, 0.717) is 6.54 Å². The maximum absolute atomic E-state index is 11.9. The number of likely N-dealkylation sites (N-methyl/N-ethyl adjacent to an activating group) is 1. The predicted octanol–water partition coefficient (Wildman–Crippen LogP) is 1.93. The van der Waals surface area contributed by atoms with Crippen molar-refractivity contribution in [1.82, 2.24) is 10.2 Å². The van der Waals surface area contributed by atoms with Crippen LogP contribution in [0.4, 0.5) is 0 Å². The Hall–Kier alpha value is -1.03. The fourth-order valence-electron chi connectivity index (χ4n) is 1.92. The van der Waals surface area contributed by atoms with E-state index in [4.69, 9.17) is 0 Å². The number of amides is 1. The van der Waals surface area contributed by atoms with E-state index in [9.17, 15) is 4.79 Å². The third-order valence-electron chi connectivity index (χ3n) is 2.82. The van der Waals surface area contributed by atoms with E-state index in [1.807, 2.05) is 13.1 Å². The number of carbonyl (C=O) groups is 1. The lowest BCUT2D eigenvalue weighted by Crippen LogP contribution is -2.25. The standard InChI is InChI=1S/C12H15BrN2O/c1-15-8-7-14-12(16)10-4-2-3-9(13)5-6-11(10)15/h3-4,6H,2,5,7-8H2,1H3,(H,14,16)/b9-3+,10-4?,11-6+. The largest absolute Gasteiger partial charge is 0.372 e. The molecule has 2 rings (SSSR count). The summed E-state index contributed by atoms with van der Waals surface area (Å²) in [5.74, 6) is 0.0435. The van der Waals surface area contributed by atoms with Crippen LogP contribution in [0.3, 0.4) is 0 Å². The van der Waals surface area contributed by atoms with Gasteiger partial charge in [-0.3, -0.25) is 4.79 Å². The Labute approximate surface area is 104 Å². The molecule has 16 heavy (non-hydrogen) atoms. The molecule has 0 unspecified atom stereocenters. The summed E-state index contributed by atoms with van der Waals surface area (Å²) in [4.78, 5) is 14.0. The summed E-state index contributed by atoms with van der Waals surface area (Å²) < 4.78 is 1.17. The molecule has 3 nitrogen and oxygen atoms in total. The summed E-state index contributed by atoms with van der Waals surface area (Å²) in [5.41, 5.74) is 1.84. The summed E-state index contributed by atoms with van der Waals surface area (Å²) >= 11 is 3.51. The highest BCUT2D eigenvalue weighted by Crippen LogP contribution is 2.24. The van der Waals surface area contributed by atoms with Crippen molar-refractivity contribution in [1.29, 1.82) is 0 Å². The average molecular weight is 283 g/mol. The molecule has 1 aliphatic carbocycles. The molecule has 0 spiro atoms. The van der Waals surface area contributed by atoms with Gasteiger partial charge in [-0.2, -0.15) is 0 Å². The maximum Gasteiger partial charge on any atom is 0.253 e. The first-order chi connectivity index (χ1) is 7.68. The van der Waals surface area contributed by atoms with E-state index < -0.39 is 0 Å². The van der Waals surface area contributed by atoms with Gasteiger partial charge in [-0.25, -0.2) is 0 Å². The Balaban J connectivity index is 2.39. The summed E-state index contributed by atoms with van der Waals surface area (Å²) in [6.07, 6.45) is 7.84. The summed E-state index contributed by atoms with van der Waals surface area (Å²) in [6, 6.07) is 0. The van der Waals surface area contributed by atoms with Crippen LogP contribution in [-0.4, -0.2) is 30.9 Å². The summed E-state index contributed by atoms with van der Waals surface area (Å²) in [7, 11) is 2.03. The van der Waals surface area contributed by atoms with Crippen LogP contribution in [0.5, 0.6) is 0 Å². The van der Waals surface area contributed by atoms with Crippen LogP contribution in [-0.2, 0) is 4.79 Å². The number of rotatable bonds is 0. The number of nitrogens with one attached hydrogen (secondary N) is 1. The molecule has 1 heterocycles. The molecule has 1 aliphatic heterocycles. The van der Waals surface area contributed by atoms with E-state index in [1.165, 1.54) is 4.48 Å². The van der Waals surface area contributed by atoms with Gasteiger partial charge < -0.3 is 10.2 Å². The summed E-state index contributed by atoms with van der Waals surface area (Å²) in [5, 5.41) is 2.91. The number of hydrogen-bond acceptors (Lipinski definition) is 2. The van der Waals surface area contributed by atoms with E-state index in [-0.39, 0.29) is 5.91 Å². The van der Waals surface area contributed by atoms with Crippen molar-refractivity contribution in [3.8, 4) is 0 Å². The first-order valence-corrected chi connectivity index (χ1v) is 6.22. The van der Waals surface area contributed by atoms with Crippen LogP contribution >= 0.6 is 15.9 Å². The molecular weight excluding hydrogens is 268 g/mol. The van der Waals surface area contributed by atoms with Gasteiger partial charge in [0.1, 0.15) is 0 Å². The molecule has 0 aromatic heterocycles. The number of fused-ring (bicyclic) bond motifs is 1. The average Bonchev–Trinajstić information content (AvgIpc) is 2.34. The zero-order valence-electron chi connectivity index (χ0n) is 9.29.